The minimum absolute atomic E-state index is 0.313. The van der Waals surface area contributed by atoms with E-state index in [9.17, 15) is 9.59 Å². The minimum atomic E-state index is -1.32. The SMILES string of the molecule is C[C@H](N)C(=O)[C@@]1(C(N)=O)CCCN1Cc1ccc2c(N)nccc2c1. The number of hydrogen-bond donors (Lipinski definition) is 3. The number of nitrogens with two attached hydrogens (primary N) is 3. The van der Waals surface area contributed by atoms with E-state index in [0.29, 0.717) is 25.3 Å². The topological polar surface area (TPSA) is 128 Å². The third-order valence-electron chi connectivity index (χ3n) is 4.97. The third-order valence-corrected chi connectivity index (χ3v) is 4.97. The molecule has 0 saturated carbocycles. The van der Waals surface area contributed by atoms with Crippen molar-refractivity contribution < 1.29 is 9.59 Å². The molecule has 25 heavy (non-hydrogen) atoms. The average Bonchev–Trinajstić information content (AvgIpc) is 2.98. The molecule has 0 aliphatic carbocycles. The van der Waals surface area contributed by atoms with Gasteiger partial charge in [-0.3, -0.25) is 14.5 Å². The Bertz CT molecular complexity index is 835. The average molecular weight is 341 g/mol. The Kier molecular flexibility index (Phi) is 4.45. The molecule has 7 heteroatoms. The lowest BCUT2D eigenvalue weighted by molar-refractivity contribution is -0.142. The molecule has 2 heterocycles. The number of likely N-dealkylation sites (tertiary alicyclic amines) is 1. The van der Waals surface area contributed by atoms with Gasteiger partial charge in [0, 0.05) is 24.7 Å². The Morgan fingerprint density at radius 3 is 2.80 bits per heavy atom. The first-order valence-corrected chi connectivity index (χ1v) is 8.34. The molecule has 1 aliphatic heterocycles. The number of Topliss-reactive ketones (excluding diaryl/α,β-unsaturated/α-hetero) is 1. The molecule has 2 aromatic rings. The molecule has 0 spiro atoms. The number of rotatable bonds is 5. The van der Waals surface area contributed by atoms with Gasteiger partial charge in [0.05, 0.1) is 6.04 Å². The number of amides is 1. The number of aromatic nitrogens is 1. The van der Waals surface area contributed by atoms with E-state index in [1.54, 1.807) is 13.1 Å². The fourth-order valence-electron chi connectivity index (χ4n) is 3.71. The van der Waals surface area contributed by atoms with Crippen LogP contribution in [0.1, 0.15) is 25.3 Å². The number of benzene rings is 1. The number of fused-ring (bicyclic) bond motifs is 1. The maximum Gasteiger partial charge on any atom is 0.245 e. The molecule has 1 aromatic heterocycles. The summed E-state index contributed by atoms with van der Waals surface area (Å²) in [4.78, 5) is 30.8. The van der Waals surface area contributed by atoms with Crippen molar-refractivity contribution >= 4 is 28.3 Å². The Morgan fingerprint density at radius 2 is 2.12 bits per heavy atom. The Labute approximate surface area is 146 Å². The summed E-state index contributed by atoms with van der Waals surface area (Å²) in [7, 11) is 0. The van der Waals surface area contributed by atoms with Crippen LogP contribution in [0.5, 0.6) is 0 Å². The van der Waals surface area contributed by atoms with Gasteiger partial charge in [-0.15, -0.1) is 0 Å². The maximum atomic E-state index is 12.7. The van der Waals surface area contributed by atoms with Crippen LogP contribution in [0.3, 0.4) is 0 Å². The van der Waals surface area contributed by atoms with Gasteiger partial charge in [-0.1, -0.05) is 12.1 Å². The third kappa shape index (κ3) is 2.85. The van der Waals surface area contributed by atoms with Crippen molar-refractivity contribution in [2.75, 3.05) is 12.3 Å². The zero-order valence-corrected chi connectivity index (χ0v) is 14.2. The van der Waals surface area contributed by atoms with Gasteiger partial charge in [0.15, 0.2) is 11.3 Å². The van der Waals surface area contributed by atoms with Crippen molar-refractivity contribution in [2.24, 2.45) is 11.5 Å². The van der Waals surface area contributed by atoms with Crippen molar-refractivity contribution in [1.29, 1.82) is 0 Å². The molecule has 1 fully saturated rings. The molecule has 0 bridgehead atoms. The van der Waals surface area contributed by atoms with E-state index >= 15 is 0 Å². The monoisotopic (exact) mass is 341 g/mol. The summed E-state index contributed by atoms with van der Waals surface area (Å²) < 4.78 is 0. The molecule has 3 rings (SSSR count). The van der Waals surface area contributed by atoms with Crippen LogP contribution in [0, 0.1) is 0 Å². The minimum Gasteiger partial charge on any atom is -0.383 e. The highest BCUT2D eigenvalue weighted by Crippen LogP contribution is 2.33. The van der Waals surface area contributed by atoms with E-state index in [4.69, 9.17) is 17.2 Å². The second-order valence-corrected chi connectivity index (χ2v) is 6.65. The van der Waals surface area contributed by atoms with Crippen LogP contribution in [-0.4, -0.2) is 39.7 Å². The maximum absolute atomic E-state index is 12.7. The zero-order chi connectivity index (χ0) is 18.2. The number of pyridine rings is 1. The summed E-state index contributed by atoms with van der Waals surface area (Å²) >= 11 is 0. The predicted octanol–water partition coefficient (Wildman–Crippen LogP) is 0.553. The number of hydrogen-bond acceptors (Lipinski definition) is 6. The molecule has 1 aliphatic rings. The highest BCUT2D eigenvalue weighted by molar-refractivity contribution is 6.12. The first-order valence-electron chi connectivity index (χ1n) is 8.34. The molecular formula is C18H23N5O2. The molecule has 1 amide bonds. The normalized spacial score (nSPS) is 22.2. The van der Waals surface area contributed by atoms with E-state index < -0.39 is 17.5 Å². The highest BCUT2D eigenvalue weighted by Gasteiger charge is 2.52. The van der Waals surface area contributed by atoms with E-state index in [1.807, 2.05) is 29.2 Å². The van der Waals surface area contributed by atoms with Crippen molar-refractivity contribution in [3.63, 3.8) is 0 Å². The highest BCUT2D eigenvalue weighted by atomic mass is 16.2. The number of primary amides is 1. The zero-order valence-electron chi connectivity index (χ0n) is 14.2. The van der Waals surface area contributed by atoms with E-state index in [0.717, 1.165) is 22.8 Å². The molecule has 1 aromatic carbocycles. The summed E-state index contributed by atoms with van der Waals surface area (Å²) in [5.74, 6) is -0.461. The van der Waals surface area contributed by atoms with Gasteiger partial charge in [-0.25, -0.2) is 4.98 Å². The van der Waals surface area contributed by atoms with Gasteiger partial charge in [0.1, 0.15) is 5.82 Å². The summed E-state index contributed by atoms with van der Waals surface area (Å²) in [5, 5.41) is 1.84. The number of nitrogen functional groups attached to an aromatic ring is 1. The Hall–Kier alpha value is -2.51. The number of carbonyl (C=O) groups excluding carboxylic acids is 2. The molecule has 0 unspecified atom stereocenters. The quantitative estimate of drug-likeness (QED) is 0.681. The van der Waals surface area contributed by atoms with Crippen LogP contribution < -0.4 is 17.2 Å². The van der Waals surface area contributed by atoms with E-state index in [2.05, 4.69) is 4.98 Å². The Morgan fingerprint density at radius 1 is 1.36 bits per heavy atom. The van der Waals surface area contributed by atoms with Gasteiger partial charge in [-0.05, 0) is 42.8 Å². The first kappa shape index (κ1) is 17.3. The summed E-state index contributed by atoms with van der Waals surface area (Å²) in [6, 6.07) is 6.97. The van der Waals surface area contributed by atoms with Crippen molar-refractivity contribution in [3.05, 3.63) is 36.0 Å². The second kappa shape index (κ2) is 6.42. The molecule has 7 nitrogen and oxygen atoms in total. The molecule has 132 valence electrons. The van der Waals surface area contributed by atoms with Gasteiger partial charge in [-0.2, -0.15) is 0 Å². The van der Waals surface area contributed by atoms with Crippen LogP contribution in [0.2, 0.25) is 0 Å². The van der Waals surface area contributed by atoms with Gasteiger partial charge < -0.3 is 17.2 Å². The lowest BCUT2D eigenvalue weighted by Crippen LogP contribution is -2.62. The summed E-state index contributed by atoms with van der Waals surface area (Å²) in [5.41, 5.74) is 17.0. The van der Waals surface area contributed by atoms with E-state index in [1.165, 1.54) is 0 Å². The van der Waals surface area contributed by atoms with Gasteiger partial charge in [0.2, 0.25) is 5.91 Å². The van der Waals surface area contributed by atoms with Crippen LogP contribution in [0.15, 0.2) is 30.5 Å². The first-order chi connectivity index (χ1) is 11.9. The smallest absolute Gasteiger partial charge is 0.245 e. The summed E-state index contributed by atoms with van der Waals surface area (Å²) in [6.45, 7) is 2.66. The van der Waals surface area contributed by atoms with Crippen LogP contribution in [-0.2, 0) is 16.1 Å². The number of carbonyl (C=O) groups is 2. The molecule has 0 radical (unpaired) electrons. The molecule has 6 N–H and O–H groups in total. The fourth-order valence-corrected chi connectivity index (χ4v) is 3.71. The number of nitrogens with zero attached hydrogens (tertiary/aromatic N) is 2. The van der Waals surface area contributed by atoms with Crippen molar-refractivity contribution in [3.8, 4) is 0 Å². The van der Waals surface area contributed by atoms with Gasteiger partial charge >= 0.3 is 0 Å². The molecular weight excluding hydrogens is 318 g/mol. The number of ketones is 1. The van der Waals surface area contributed by atoms with Gasteiger partial charge in [0.25, 0.3) is 0 Å². The predicted molar refractivity (Wildman–Crippen MR) is 96.4 cm³/mol. The molecule has 1 saturated heterocycles. The standard InChI is InChI=1S/C18H23N5O2/c1-11(19)15(24)18(17(21)25)6-2-8-23(18)10-12-3-4-14-13(9-12)5-7-22-16(14)20/h3-5,7,9,11H,2,6,8,10,19H2,1H3,(H2,20,22)(H2,21,25)/t11-,18+/m0/s1. The van der Waals surface area contributed by atoms with E-state index in [-0.39, 0.29) is 5.78 Å². The largest absolute Gasteiger partial charge is 0.383 e. The lowest BCUT2D eigenvalue weighted by atomic mass is 9.86. The lowest BCUT2D eigenvalue weighted by Gasteiger charge is -2.35. The van der Waals surface area contributed by atoms with Crippen LogP contribution >= 0.6 is 0 Å². The molecule has 2 atom stereocenters. The van der Waals surface area contributed by atoms with Crippen LogP contribution in [0.25, 0.3) is 10.8 Å². The second-order valence-electron chi connectivity index (χ2n) is 6.65. The fraction of sp³-hybridized carbons (Fsp3) is 0.389. The van der Waals surface area contributed by atoms with Crippen molar-refractivity contribution in [2.45, 2.75) is 37.9 Å². The Balaban J connectivity index is 1.95. The number of anilines is 1. The van der Waals surface area contributed by atoms with Crippen LogP contribution in [0.4, 0.5) is 5.82 Å². The van der Waals surface area contributed by atoms with Crippen molar-refractivity contribution in [1.82, 2.24) is 9.88 Å². The summed E-state index contributed by atoms with van der Waals surface area (Å²) in [6.07, 6.45) is 2.80.